The monoisotopic (exact) mass is 384 g/mol. The molecule has 0 radical (unpaired) electrons. The van der Waals surface area contributed by atoms with Crippen molar-refractivity contribution in [1.29, 1.82) is 0 Å². The van der Waals surface area contributed by atoms with Gasteiger partial charge in [-0.1, -0.05) is 40.2 Å². The van der Waals surface area contributed by atoms with Crippen molar-refractivity contribution in [3.63, 3.8) is 0 Å². The molecule has 2 amide bonds. The van der Waals surface area contributed by atoms with E-state index >= 15 is 0 Å². The van der Waals surface area contributed by atoms with Crippen LogP contribution in [0.5, 0.6) is 0 Å². The second kappa shape index (κ2) is 10.3. The van der Waals surface area contributed by atoms with Gasteiger partial charge in [0.25, 0.3) is 0 Å². The number of carbonyl (C=O) groups is 3. The first-order valence-electron chi connectivity index (χ1n) is 9.39. The molecule has 0 heterocycles. The molecule has 7 nitrogen and oxygen atoms in total. The van der Waals surface area contributed by atoms with Crippen molar-refractivity contribution in [2.24, 2.45) is 11.8 Å². The molecule has 1 unspecified atom stereocenters. The molecule has 27 heavy (non-hydrogen) atoms. The van der Waals surface area contributed by atoms with Crippen molar-refractivity contribution in [3.8, 4) is 0 Å². The van der Waals surface area contributed by atoms with Gasteiger partial charge in [0.2, 0.25) is 5.91 Å². The minimum absolute atomic E-state index is 0.00681. The molecule has 156 valence electrons. The molecule has 0 spiro atoms. The summed E-state index contributed by atoms with van der Waals surface area (Å²) in [6, 6.07) is -1.16. The van der Waals surface area contributed by atoms with Crippen molar-refractivity contribution >= 4 is 18.0 Å². The van der Waals surface area contributed by atoms with Gasteiger partial charge in [-0.2, -0.15) is 0 Å². The predicted molar refractivity (Wildman–Crippen MR) is 105 cm³/mol. The fourth-order valence-electron chi connectivity index (χ4n) is 2.56. The Kier molecular flexibility index (Phi) is 9.54. The predicted octanol–water partition coefficient (Wildman–Crippen LogP) is 3.44. The van der Waals surface area contributed by atoms with Crippen LogP contribution in [0.4, 0.5) is 4.79 Å². The molecule has 0 saturated heterocycles. The van der Waals surface area contributed by atoms with Gasteiger partial charge in [-0.05, 0) is 39.5 Å². The number of likely N-dealkylation sites (N-methyl/N-ethyl adjacent to an activating group) is 1. The van der Waals surface area contributed by atoms with Gasteiger partial charge in [0.15, 0.2) is 0 Å². The zero-order valence-electron chi connectivity index (χ0n) is 18.1. The number of carbonyl (C=O) groups excluding carboxylic acids is 2. The number of amides is 2. The number of carboxylic acids is 1. The number of hydrogen-bond acceptors (Lipinski definition) is 4. The number of hydrogen-bond donors (Lipinski definition) is 2. The van der Waals surface area contributed by atoms with E-state index in [4.69, 9.17) is 9.84 Å². The lowest BCUT2D eigenvalue weighted by molar-refractivity contribution is -0.136. The van der Waals surface area contributed by atoms with Gasteiger partial charge in [-0.15, -0.1) is 0 Å². The van der Waals surface area contributed by atoms with Crippen molar-refractivity contribution in [2.75, 3.05) is 7.05 Å². The van der Waals surface area contributed by atoms with Crippen molar-refractivity contribution < 1.29 is 24.2 Å². The largest absolute Gasteiger partial charge is 0.478 e. The number of aliphatic carboxylic acids is 1. The summed E-state index contributed by atoms with van der Waals surface area (Å²) >= 11 is 0. The molecule has 0 aromatic heterocycles. The van der Waals surface area contributed by atoms with Crippen LogP contribution in [0, 0.1) is 11.8 Å². The van der Waals surface area contributed by atoms with E-state index in [9.17, 15) is 14.4 Å². The maximum atomic E-state index is 13.1. The van der Waals surface area contributed by atoms with Gasteiger partial charge in [-0.25, -0.2) is 9.59 Å². The lowest BCUT2D eigenvalue weighted by Gasteiger charge is -2.34. The molecule has 0 aliphatic heterocycles. The average Bonchev–Trinajstić information content (AvgIpc) is 2.53. The standard InChI is InChI=1S/C20H36N2O5/c1-10-13(4)16(21-19(26)27-20(6,7)8)17(23)22(9)15(12(2)3)11-14(5)18(24)25/h11-13,15-16H,10H2,1-9H3,(H,21,26)(H,24,25)/b14-11+/t13-,15?,16+/m1/s1. The van der Waals surface area contributed by atoms with Crippen molar-refractivity contribution in [2.45, 2.75) is 79.5 Å². The maximum absolute atomic E-state index is 13.1. The quantitative estimate of drug-likeness (QED) is 0.625. The van der Waals surface area contributed by atoms with Crippen LogP contribution in [0.15, 0.2) is 11.6 Å². The van der Waals surface area contributed by atoms with E-state index < -0.39 is 29.7 Å². The van der Waals surface area contributed by atoms with E-state index in [1.807, 2.05) is 27.7 Å². The van der Waals surface area contributed by atoms with Crippen molar-refractivity contribution in [3.05, 3.63) is 11.6 Å². The molecule has 0 rings (SSSR count). The minimum Gasteiger partial charge on any atom is -0.478 e. The van der Waals surface area contributed by atoms with Crippen molar-refractivity contribution in [1.82, 2.24) is 10.2 Å². The van der Waals surface area contributed by atoms with Crippen LogP contribution >= 0.6 is 0 Å². The van der Waals surface area contributed by atoms with Gasteiger partial charge in [0.05, 0.1) is 6.04 Å². The Morgan fingerprint density at radius 3 is 2.07 bits per heavy atom. The zero-order chi connectivity index (χ0) is 21.5. The third-order valence-electron chi connectivity index (χ3n) is 4.39. The minimum atomic E-state index is -1.02. The molecule has 3 atom stereocenters. The molecule has 0 aliphatic rings. The highest BCUT2D eigenvalue weighted by atomic mass is 16.6. The SMILES string of the molecule is CC[C@@H](C)[C@H](NC(=O)OC(C)(C)C)C(=O)N(C)C(/C=C(\C)C(=O)O)C(C)C. The third-order valence-corrected chi connectivity index (χ3v) is 4.39. The number of rotatable bonds is 8. The van der Waals surface area contributed by atoms with E-state index in [2.05, 4.69) is 5.32 Å². The fourth-order valence-corrected chi connectivity index (χ4v) is 2.56. The average molecular weight is 385 g/mol. The number of nitrogens with one attached hydrogen (secondary N) is 1. The number of alkyl carbamates (subject to hydrolysis) is 1. The maximum Gasteiger partial charge on any atom is 0.408 e. The van der Waals surface area contributed by atoms with Gasteiger partial charge in [0, 0.05) is 12.6 Å². The highest BCUT2D eigenvalue weighted by Gasteiger charge is 2.33. The number of carboxylic acid groups (broad SMARTS) is 1. The first-order chi connectivity index (χ1) is 12.2. The summed E-state index contributed by atoms with van der Waals surface area (Å²) in [4.78, 5) is 38.0. The Morgan fingerprint density at radius 1 is 1.19 bits per heavy atom. The summed E-state index contributed by atoms with van der Waals surface area (Å²) < 4.78 is 5.29. The van der Waals surface area contributed by atoms with Crippen LogP contribution in [-0.2, 0) is 14.3 Å². The Morgan fingerprint density at radius 2 is 1.70 bits per heavy atom. The second-order valence-electron chi connectivity index (χ2n) is 8.35. The molecule has 2 N–H and O–H groups in total. The summed E-state index contributed by atoms with van der Waals surface area (Å²) in [5, 5.41) is 11.8. The summed E-state index contributed by atoms with van der Waals surface area (Å²) in [6.07, 6.45) is 1.62. The molecule has 0 aromatic rings. The van der Waals surface area contributed by atoms with Crippen LogP contribution in [0.2, 0.25) is 0 Å². The van der Waals surface area contributed by atoms with Gasteiger partial charge >= 0.3 is 12.1 Å². The van der Waals surface area contributed by atoms with Crippen LogP contribution < -0.4 is 5.32 Å². The van der Waals surface area contributed by atoms with Crippen LogP contribution in [-0.4, -0.2) is 52.7 Å². The Labute approximate surface area is 163 Å². The highest BCUT2D eigenvalue weighted by Crippen LogP contribution is 2.18. The fraction of sp³-hybridized carbons (Fsp3) is 0.750. The molecule has 0 fully saturated rings. The van der Waals surface area contributed by atoms with Gasteiger partial charge in [-0.3, -0.25) is 4.79 Å². The van der Waals surface area contributed by atoms with E-state index in [0.29, 0.717) is 6.42 Å². The molecular weight excluding hydrogens is 348 g/mol. The van der Waals surface area contributed by atoms with Gasteiger partial charge in [0.1, 0.15) is 11.6 Å². The lowest BCUT2D eigenvalue weighted by Crippen LogP contribution is -2.54. The molecule has 0 saturated carbocycles. The van der Waals surface area contributed by atoms with E-state index in [1.54, 1.807) is 33.9 Å². The Bertz CT molecular complexity index is 563. The first-order valence-corrected chi connectivity index (χ1v) is 9.39. The number of ether oxygens (including phenoxy) is 1. The molecular formula is C20H36N2O5. The summed E-state index contributed by atoms with van der Waals surface area (Å²) in [7, 11) is 1.63. The topological polar surface area (TPSA) is 95.9 Å². The summed E-state index contributed by atoms with van der Waals surface area (Å²) in [5.74, 6) is -1.40. The highest BCUT2D eigenvalue weighted by molar-refractivity contribution is 5.88. The van der Waals surface area contributed by atoms with Crippen LogP contribution in [0.1, 0.15) is 61.8 Å². The molecule has 0 aliphatic carbocycles. The first kappa shape index (κ1) is 24.9. The van der Waals surface area contributed by atoms with Gasteiger partial charge < -0.3 is 20.1 Å². The van der Waals surface area contributed by atoms with E-state index in [-0.39, 0.29) is 23.3 Å². The van der Waals surface area contributed by atoms with E-state index in [0.717, 1.165) is 0 Å². The Balaban J connectivity index is 5.59. The third kappa shape index (κ3) is 8.45. The van der Waals surface area contributed by atoms with E-state index in [1.165, 1.54) is 11.8 Å². The normalized spacial score (nSPS) is 15.7. The lowest BCUT2D eigenvalue weighted by atomic mass is 9.95. The second-order valence-corrected chi connectivity index (χ2v) is 8.35. The van der Waals surface area contributed by atoms with Crippen LogP contribution in [0.25, 0.3) is 0 Å². The molecule has 7 heteroatoms. The smallest absolute Gasteiger partial charge is 0.408 e. The Hall–Kier alpha value is -2.05. The summed E-state index contributed by atoms with van der Waals surface area (Å²) in [6.45, 7) is 14.4. The summed E-state index contributed by atoms with van der Waals surface area (Å²) in [5.41, 5.74) is -0.491. The zero-order valence-corrected chi connectivity index (χ0v) is 18.1. The molecule has 0 bridgehead atoms. The van der Waals surface area contributed by atoms with Crippen LogP contribution in [0.3, 0.4) is 0 Å². The number of nitrogens with zero attached hydrogens (tertiary/aromatic N) is 1. The molecule has 0 aromatic carbocycles.